The van der Waals surface area contributed by atoms with Crippen LogP contribution in [0.2, 0.25) is 0 Å². The molecule has 0 spiro atoms. The fourth-order valence-corrected chi connectivity index (χ4v) is 3.04. The highest BCUT2D eigenvalue weighted by atomic mass is 16.6. The van der Waals surface area contributed by atoms with E-state index in [1.807, 2.05) is 30.3 Å². The van der Waals surface area contributed by atoms with Crippen LogP contribution >= 0.6 is 0 Å². The molecule has 0 saturated carbocycles. The molecule has 0 heterocycles. The molecule has 0 saturated heterocycles. The molecule has 32 heavy (non-hydrogen) atoms. The number of nitrogens with one attached hydrogen (secondary N) is 2. The Kier molecular flexibility index (Phi) is 7.53. The lowest BCUT2D eigenvalue weighted by Crippen LogP contribution is -2.18. The van der Waals surface area contributed by atoms with Gasteiger partial charge in [-0.2, -0.15) is 5.10 Å². The van der Waals surface area contributed by atoms with E-state index in [1.165, 1.54) is 13.1 Å². The van der Waals surface area contributed by atoms with E-state index in [-0.39, 0.29) is 19.1 Å². The number of esters is 1. The molecule has 3 rings (SSSR count). The highest BCUT2D eigenvalue weighted by molar-refractivity contribution is 6.03. The molecule has 3 aromatic carbocycles. The van der Waals surface area contributed by atoms with Crippen LogP contribution < -0.4 is 15.5 Å². The van der Waals surface area contributed by atoms with Gasteiger partial charge >= 0.3 is 5.97 Å². The number of nitrogens with zero attached hydrogens (tertiary/aromatic N) is 1. The number of carbonyl (C=O) groups is 3. The Morgan fingerprint density at radius 1 is 1.03 bits per heavy atom. The molecule has 0 aliphatic carbocycles. The van der Waals surface area contributed by atoms with Crippen LogP contribution in [-0.2, 0) is 14.3 Å². The molecule has 8 heteroatoms. The van der Waals surface area contributed by atoms with Gasteiger partial charge < -0.3 is 14.8 Å². The van der Waals surface area contributed by atoms with E-state index in [0.717, 1.165) is 10.8 Å². The van der Waals surface area contributed by atoms with Crippen molar-refractivity contribution < 1.29 is 23.9 Å². The number of carbonyl (C=O) groups excluding carboxylic acids is 3. The number of amides is 2. The third-order valence-electron chi connectivity index (χ3n) is 4.39. The van der Waals surface area contributed by atoms with E-state index in [1.54, 1.807) is 37.3 Å². The zero-order valence-corrected chi connectivity index (χ0v) is 17.8. The Bertz CT molecular complexity index is 1170. The third-order valence-corrected chi connectivity index (χ3v) is 4.39. The summed E-state index contributed by atoms with van der Waals surface area (Å²) >= 11 is 0. The quantitative estimate of drug-likeness (QED) is 0.321. The first-order chi connectivity index (χ1) is 15.5. The maximum absolute atomic E-state index is 12.5. The number of fused-ring (bicyclic) bond motifs is 1. The lowest BCUT2D eigenvalue weighted by atomic mass is 10.0. The Morgan fingerprint density at radius 3 is 2.62 bits per heavy atom. The van der Waals surface area contributed by atoms with Crippen LogP contribution in [0, 0.1) is 0 Å². The first-order valence-electron chi connectivity index (χ1n) is 9.99. The van der Waals surface area contributed by atoms with Gasteiger partial charge in [0.25, 0.3) is 5.91 Å². The van der Waals surface area contributed by atoms with Crippen molar-refractivity contribution in [2.45, 2.75) is 13.8 Å². The van der Waals surface area contributed by atoms with E-state index in [2.05, 4.69) is 15.8 Å². The molecular weight excluding hydrogens is 410 g/mol. The second kappa shape index (κ2) is 10.7. The Morgan fingerprint density at radius 2 is 1.84 bits per heavy atom. The summed E-state index contributed by atoms with van der Waals surface area (Å²) in [5, 5.41) is 8.50. The van der Waals surface area contributed by atoms with Crippen LogP contribution in [0.1, 0.15) is 29.8 Å². The summed E-state index contributed by atoms with van der Waals surface area (Å²) in [6.45, 7) is 3.14. The van der Waals surface area contributed by atoms with Crippen LogP contribution in [0.15, 0.2) is 65.8 Å². The average molecular weight is 433 g/mol. The number of hydrazone groups is 1. The highest BCUT2D eigenvalue weighted by Gasteiger charge is 2.11. The van der Waals surface area contributed by atoms with Crippen molar-refractivity contribution in [2.24, 2.45) is 5.10 Å². The number of hydrogen-bond donors (Lipinski definition) is 2. The molecule has 0 aliphatic heterocycles. The Balaban J connectivity index is 1.80. The fourth-order valence-electron chi connectivity index (χ4n) is 3.04. The number of benzene rings is 3. The van der Waals surface area contributed by atoms with Crippen LogP contribution in [0.25, 0.3) is 10.8 Å². The van der Waals surface area contributed by atoms with Gasteiger partial charge in [-0.1, -0.05) is 36.4 Å². The van der Waals surface area contributed by atoms with E-state index in [4.69, 9.17) is 9.47 Å². The number of anilines is 1. The molecule has 0 aliphatic rings. The zero-order chi connectivity index (χ0) is 22.9. The maximum Gasteiger partial charge on any atom is 0.344 e. The summed E-state index contributed by atoms with van der Waals surface area (Å²) in [5.74, 6) is -0.715. The number of ether oxygens (including phenoxy) is 2. The van der Waals surface area contributed by atoms with Gasteiger partial charge in [0.15, 0.2) is 6.61 Å². The topological polar surface area (TPSA) is 106 Å². The van der Waals surface area contributed by atoms with Crippen LogP contribution in [0.4, 0.5) is 5.69 Å². The lowest BCUT2D eigenvalue weighted by molar-refractivity contribution is -0.145. The molecule has 0 radical (unpaired) electrons. The normalized spacial score (nSPS) is 10.7. The van der Waals surface area contributed by atoms with E-state index < -0.39 is 11.9 Å². The third kappa shape index (κ3) is 5.91. The van der Waals surface area contributed by atoms with Crippen molar-refractivity contribution in [3.8, 4) is 5.75 Å². The van der Waals surface area contributed by atoms with Gasteiger partial charge in [0, 0.05) is 23.7 Å². The van der Waals surface area contributed by atoms with Crippen molar-refractivity contribution >= 4 is 40.5 Å². The Hall–Kier alpha value is -4.20. The molecule has 0 bridgehead atoms. The summed E-state index contributed by atoms with van der Waals surface area (Å²) < 4.78 is 10.5. The van der Waals surface area contributed by atoms with Gasteiger partial charge in [0.2, 0.25) is 5.91 Å². The summed E-state index contributed by atoms with van der Waals surface area (Å²) in [6, 6.07) is 17.7. The molecule has 0 atom stereocenters. The maximum atomic E-state index is 12.5. The second-order valence-corrected chi connectivity index (χ2v) is 6.75. The largest absolute Gasteiger partial charge is 0.481 e. The van der Waals surface area contributed by atoms with Gasteiger partial charge in [-0.3, -0.25) is 9.59 Å². The minimum absolute atomic E-state index is 0.230. The molecular formula is C24H23N3O5. The molecule has 0 aromatic heterocycles. The molecule has 0 unspecified atom stereocenters. The summed E-state index contributed by atoms with van der Waals surface area (Å²) in [7, 11) is 0. The van der Waals surface area contributed by atoms with Gasteiger partial charge in [0.1, 0.15) is 5.75 Å². The van der Waals surface area contributed by atoms with Crippen LogP contribution in [0.3, 0.4) is 0 Å². The van der Waals surface area contributed by atoms with Crippen molar-refractivity contribution in [1.29, 1.82) is 0 Å². The first kappa shape index (κ1) is 22.5. The SMILES string of the molecule is CCOC(=O)COc1ccc2ccccc2c1C=NNC(=O)c1cccc(NC(C)=O)c1. The average Bonchev–Trinajstić information content (AvgIpc) is 2.78. The molecule has 2 amide bonds. The summed E-state index contributed by atoms with van der Waals surface area (Å²) in [5.41, 5.74) is 3.94. The summed E-state index contributed by atoms with van der Waals surface area (Å²) in [6.07, 6.45) is 1.47. The minimum atomic E-state index is -0.476. The predicted molar refractivity (Wildman–Crippen MR) is 122 cm³/mol. The van der Waals surface area contributed by atoms with Gasteiger partial charge in [-0.05, 0) is 42.0 Å². The van der Waals surface area contributed by atoms with Crippen LogP contribution in [-0.4, -0.2) is 37.2 Å². The van der Waals surface area contributed by atoms with Gasteiger partial charge in [-0.25, -0.2) is 10.2 Å². The monoisotopic (exact) mass is 433 g/mol. The van der Waals surface area contributed by atoms with Crippen molar-refractivity contribution in [1.82, 2.24) is 5.43 Å². The van der Waals surface area contributed by atoms with Crippen molar-refractivity contribution in [3.63, 3.8) is 0 Å². The van der Waals surface area contributed by atoms with Crippen molar-refractivity contribution in [3.05, 3.63) is 71.8 Å². The van der Waals surface area contributed by atoms with Gasteiger partial charge in [-0.15, -0.1) is 0 Å². The van der Waals surface area contributed by atoms with Crippen molar-refractivity contribution in [2.75, 3.05) is 18.5 Å². The number of rotatable bonds is 8. The number of hydrogen-bond acceptors (Lipinski definition) is 6. The smallest absolute Gasteiger partial charge is 0.344 e. The highest BCUT2D eigenvalue weighted by Crippen LogP contribution is 2.26. The standard InChI is InChI=1S/C24H23N3O5/c1-3-31-23(29)15-32-22-12-11-17-7-4-5-10-20(17)21(22)14-25-27-24(30)18-8-6-9-19(13-18)26-16(2)28/h4-14H,3,15H2,1-2H3,(H,26,28)(H,27,30). The molecule has 8 nitrogen and oxygen atoms in total. The molecule has 3 aromatic rings. The van der Waals surface area contributed by atoms with Crippen LogP contribution in [0.5, 0.6) is 5.75 Å². The van der Waals surface area contributed by atoms with E-state index >= 15 is 0 Å². The molecule has 0 fully saturated rings. The predicted octanol–water partition coefficient (Wildman–Crippen LogP) is 3.50. The fraction of sp³-hybridized carbons (Fsp3) is 0.167. The van der Waals surface area contributed by atoms with E-state index in [9.17, 15) is 14.4 Å². The van der Waals surface area contributed by atoms with E-state index in [0.29, 0.717) is 22.6 Å². The first-order valence-corrected chi connectivity index (χ1v) is 9.99. The Labute approximate surface area is 185 Å². The molecule has 164 valence electrons. The second-order valence-electron chi connectivity index (χ2n) is 6.75. The summed E-state index contributed by atoms with van der Waals surface area (Å²) in [4.78, 5) is 35.4. The lowest BCUT2D eigenvalue weighted by Gasteiger charge is -2.11. The minimum Gasteiger partial charge on any atom is -0.481 e. The molecule has 2 N–H and O–H groups in total. The zero-order valence-electron chi connectivity index (χ0n) is 17.8. The van der Waals surface area contributed by atoms with Gasteiger partial charge in [0.05, 0.1) is 12.8 Å².